The molecule has 1 aromatic rings. The fourth-order valence-electron chi connectivity index (χ4n) is 1.28. The van der Waals surface area contributed by atoms with Gasteiger partial charge in [-0.15, -0.1) is 0 Å². The molecule has 0 fully saturated rings. The first kappa shape index (κ1) is 13.0. The van der Waals surface area contributed by atoms with Crippen LogP contribution in [0.1, 0.15) is 18.4 Å². The summed E-state index contributed by atoms with van der Waals surface area (Å²) in [7, 11) is 0. The van der Waals surface area contributed by atoms with Crippen molar-refractivity contribution in [1.29, 1.82) is 0 Å². The lowest BCUT2D eigenvalue weighted by molar-refractivity contribution is -0.385. The molecule has 1 atom stereocenters. The van der Waals surface area contributed by atoms with Gasteiger partial charge in [0.25, 0.3) is 5.69 Å². The van der Waals surface area contributed by atoms with Crippen LogP contribution in [0.3, 0.4) is 0 Å². The molecule has 0 N–H and O–H groups in total. The highest BCUT2D eigenvalue weighted by Gasteiger charge is 2.18. The largest absolute Gasteiger partial charge is 0.434 e. The van der Waals surface area contributed by atoms with Crippen molar-refractivity contribution in [3.05, 3.63) is 33.9 Å². The minimum absolute atomic E-state index is 0.186. The quantitative estimate of drug-likeness (QED) is 0.454. The fourth-order valence-corrected chi connectivity index (χ4v) is 1.28. The van der Waals surface area contributed by atoms with Crippen LogP contribution in [0.4, 0.5) is 14.5 Å². The topological polar surface area (TPSA) is 69.4 Å². The Bertz CT molecular complexity index is 436. The molecule has 0 aliphatic heterocycles. The molecule has 17 heavy (non-hydrogen) atoms. The zero-order valence-electron chi connectivity index (χ0n) is 8.80. The van der Waals surface area contributed by atoms with Gasteiger partial charge in [0.2, 0.25) is 0 Å². The van der Waals surface area contributed by atoms with Crippen LogP contribution in [0.5, 0.6) is 5.75 Å². The second-order valence-corrected chi connectivity index (χ2v) is 3.28. The molecule has 1 unspecified atom stereocenters. The molecule has 0 aromatic heterocycles. The van der Waals surface area contributed by atoms with Crippen molar-refractivity contribution in [3.8, 4) is 5.75 Å². The SMILES string of the molecule is CC(C=O)c1ccc([N+](=O)[O-])cc1OC(F)F. The van der Waals surface area contributed by atoms with Gasteiger partial charge in [0, 0.05) is 17.5 Å². The summed E-state index contributed by atoms with van der Waals surface area (Å²) in [6, 6.07) is 3.24. The monoisotopic (exact) mass is 245 g/mol. The van der Waals surface area contributed by atoms with E-state index in [9.17, 15) is 23.7 Å². The Morgan fingerprint density at radius 2 is 2.12 bits per heavy atom. The van der Waals surface area contributed by atoms with Gasteiger partial charge >= 0.3 is 6.61 Å². The molecule has 92 valence electrons. The third-order valence-corrected chi connectivity index (χ3v) is 2.12. The molecule has 0 amide bonds. The lowest BCUT2D eigenvalue weighted by Gasteiger charge is -2.12. The van der Waals surface area contributed by atoms with Gasteiger partial charge in [-0.1, -0.05) is 6.92 Å². The van der Waals surface area contributed by atoms with Crippen molar-refractivity contribution in [1.82, 2.24) is 0 Å². The summed E-state index contributed by atoms with van der Waals surface area (Å²) in [6.45, 7) is -1.62. The molecule has 0 bridgehead atoms. The van der Waals surface area contributed by atoms with Crippen LogP contribution in [0.2, 0.25) is 0 Å². The molecule has 0 aliphatic carbocycles. The van der Waals surface area contributed by atoms with Crippen molar-refractivity contribution in [2.75, 3.05) is 0 Å². The summed E-state index contributed by atoms with van der Waals surface area (Å²) in [5.41, 5.74) is -0.187. The maximum atomic E-state index is 12.1. The number of hydrogen-bond donors (Lipinski definition) is 0. The Balaban J connectivity index is 3.20. The number of rotatable bonds is 5. The number of carbonyl (C=O) groups is 1. The van der Waals surface area contributed by atoms with Gasteiger partial charge < -0.3 is 9.53 Å². The number of nitro benzene ring substituents is 1. The molecule has 1 rings (SSSR count). The predicted molar refractivity (Wildman–Crippen MR) is 54.2 cm³/mol. The highest BCUT2D eigenvalue weighted by atomic mass is 19.3. The van der Waals surface area contributed by atoms with Crippen LogP contribution in [0.15, 0.2) is 18.2 Å². The number of nitro groups is 1. The molecule has 7 heteroatoms. The first-order valence-electron chi connectivity index (χ1n) is 4.64. The Labute approximate surface area is 95.2 Å². The highest BCUT2D eigenvalue weighted by molar-refractivity contribution is 5.64. The van der Waals surface area contributed by atoms with Crippen LogP contribution < -0.4 is 4.74 Å². The number of alkyl halides is 2. The van der Waals surface area contributed by atoms with Gasteiger partial charge in [0.05, 0.1) is 11.0 Å². The summed E-state index contributed by atoms with van der Waals surface area (Å²) in [5.74, 6) is -1.03. The van der Waals surface area contributed by atoms with E-state index in [2.05, 4.69) is 4.74 Å². The van der Waals surface area contributed by atoms with Crippen LogP contribution in [0.25, 0.3) is 0 Å². The lowest BCUT2D eigenvalue weighted by Crippen LogP contribution is -2.07. The minimum atomic E-state index is -3.10. The zero-order chi connectivity index (χ0) is 13.0. The van der Waals surface area contributed by atoms with Crippen molar-refractivity contribution in [2.45, 2.75) is 19.5 Å². The Morgan fingerprint density at radius 1 is 1.47 bits per heavy atom. The van der Waals surface area contributed by atoms with Gasteiger partial charge in [-0.3, -0.25) is 10.1 Å². The standard InChI is InChI=1S/C10H9F2NO4/c1-6(5-14)8-3-2-7(13(15)16)4-9(8)17-10(11)12/h2-6,10H,1H3. The Morgan fingerprint density at radius 3 is 2.59 bits per heavy atom. The van der Waals surface area contributed by atoms with E-state index in [1.54, 1.807) is 0 Å². The first-order chi connectivity index (χ1) is 7.95. The van der Waals surface area contributed by atoms with E-state index in [1.165, 1.54) is 13.0 Å². The molecule has 0 radical (unpaired) electrons. The first-order valence-corrected chi connectivity index (χ1v) is 4.64. The molecule has 0 saturated heterocycles. The van der Waals surface area contributed by atoms with Crippen molar-refractivity contribution in [3.63, 3.8) is 0 Å². The van der Waals surface area contributed by atoms with E-state index < -0.39 is 17.5 Å². The number of carbonyl (C=O) groups excluding carboxylic acids is 1. The van der Waals surface area contributed by atoms with Crippen LogP contribution in [-0.2, 0) is 4.79 Å². The number of ether oxygens (including phenoxy) is 1. The summed E-state index contributed by atoms with van der Waals surface area (Å²) >= 11 is 0. The number of benzene rings is 1. The number of non-ortho nitro benzene ring substituents is 1. The summed E-state index contributed by atoms with van der Waals surface area (Å²) < 4.78 is 28.4. The van der Waals surface area contributed by atoms with E-state index >= 15 is 0 Å². The lowest BCUT2D eigenvalue weighted by atomic mass is 10.0. The molecule has 5 nitrogen and oxygen atoms in total. The van der Waals surface area contributed by atoms with Crippen molar-refractivity contribution < 1.29 is 23.2 Å². The minimum Gasteiger partial charge on any atom is -0.434 e. The van der Waals surface area contributed by atoms with E-state index in [4.69, 9.17) is 0 Å². The fraction of sp³-hybridized carbons (Fsp3) is 0.300. The summed E-state index contributed by atoms with van der Waals surface area (Å²) in [6.07, 6.45) is 0.541. The van der Waals surface area contributed by atoms with E-state index in [0.29, 0.717) is 6.29 Å². The third-order valence-electron chi connectivity index (χ3n) is 2.12. The van der Waals surface area contributed by atoms with Gasteiger partial charge in [0.15, 0.2) is 0 Å². The Hall–Kier alpha value is -2.05. The number of hydrogen-bond acceptors (Lipinski definition) is 4. The smallest absolute Gasteiger partial charge is 0.387 e. The average molecular weight is 245 g/mol. The normalized spacial score (nSPS) is 12.2. The molecule has 0 heterocycles. The molecule has 0 saturated carbocycles. The van der Waals surface area contributed by atoms with E-state index in [-0.39, 0.29) is 17.0 Å². The van der Waals surface area contributed by atoms with Gasteiger partial charge in [-0.05, 0) is 6.07 Å². The molecule has 0 aliphatic rings. The van der Waals surface area contributed by atoms with Crippen molar-refractivity contribution >= 4 is 12.0 Å². The molecule has 0 spiro atoms. The third kappa shape index (κ3) is 3.20. The van der Waals surface area contributed by atoms with Gasteiger partial charge in [-0.2, -0.15) is 8.78 Å². The number of nitrogens with zero attached hydrogens (tertiary/aromatic N) is 1. The molecular weight excluding hydrogens is 236 g/mol. The van der Waals surface area contributed by atoms with Crippen molar-refractivity contribution in [2.24, 2.45) is 0 Å². The van der Waals surface area contributed by atoms with Crippen LogP contribution in [-0.4, -0.2) is 17.8 Å². The summed E-state index contributed by atoms with van der Waals surface area (Å²) in [5, 5.41) is 10.5. The molecular formula is C10H9F2NO4. The predicted octanol–water partition coefficient (Wildman–Crippen LogP) is 2.50. The van der Waals surface area contributed by atoms with E-state index in [1.807, 2.05) is 0 Å². The van der Waals surface area contributed by atoms with Crippen LogP contribution >= 0.6 is 0 Å². The zero-order valence-corrected chi connectivity index (χ0v) is 8.80. The average Bonchev–Trinajstić information content (AvgIpc) is 2.27. The van der Waals surface area contributed by atoms with Gasteiger partial charge in [0.1, 0.15) is 12.0 Å². The highest BCUT2D eigenvalue weighted by Crippen LogP contribution is 2.30. The summed E-state index contributed by atoms with van der Waals surface area (Å²) in [4.78, 5) is 20.3. The van der Waals surface area contributed by atoms with Crippen LogP contribution in [0, 0.1) is 10.1 Å². The van der Waals surface area contributed by atoms with E-state index in [0.717, 1.165) is 12.1 Å². The second-order valence-electron chi connectivity index (χ2n) is 3.28. The second kappa shape index (κ2) is 5.33. The molecule has 1 aromatic carbocycles. The number of aldehydes is 1. The Kier molecular flexibility index (Phi) is 4.08. The number of halogens is 2. The maximum absolute atomic E-state index is 12.1. The van der Waals surface area contributed by atoms with Gasteiger partial charge in [-0.25, -0.2) is 0 Å². The maximum Gasteiger partial charge on any atom is 0.387 e.